The van der Waals surface area contributed by atoms with Gasteiger partial charge in [-0.2, -0.15) is 5.26 Å². The second-order valence-corrected chi connectivity index (χ2v) is 4.59. The Kier molecular flexibility index (Phi) is 4.85. The lowest BCUT2D eigenvalue weighted by Gasteiger charge is -2.15. The van der Waals surface area contributed by atoms with Gasteiger partial charge in [0.05, 0.1) is 20.8 Å². The molecule has 0 aliphatic rings. The number of nitrogens with zero attached hydrogens (tertiary/aromatic N) is 1. The van der Waals surface area contributed by atoms with Crippen LogP contribution in [0.25, 0.3) is 0 Å². The predicted molar refractivity (Wildman–Crippen MR) is 78.2 cm³/mol. The van der Waals surface area contributed by atoms with Crippen molar-refractivity contribution in [2.75, 3.05) is 14.2 Å². The molecule has 110 valence electrons. The molecule has 0 aliphatic heterocycles. The maximum Gasteiger partial charge on any atom is 0.203 e. The largest absolute Gasteiger partial charge is 0.493 e. The van der Waals surface area contributed by atoms with E-state index in [-0.39, 0.29) is 6.04 Å². The summed E-state index contributed by atoms with van der Waals surface area (Å²) in [6, 6.07) is 11.4. The minimum Gasteiger partial charge on any atom is -0.493 e. The number of nitriles is 1. The van der Waals surface area contributed by atoms with Gasteiger partial charge in [0.15, 0.2) is 11.5 Å². The van der Waals surface area contributed by atoms with E-state index in [4.69, 9.17) is 19.2 Å². The number of ether oxygens (including phenoxy) is 2. The van der Waals surface area contributed by atoms with Crippen LogP contribution >= 0.6 is 0 Å². The number of methoxy groups -OCH3 is 2. The van der Waals surface area contributed by atoms with Crippen molar-refractivity contribution in [1.82, 2.24) is 5.32 Å². The average molecular weight is 286 g/mol. The highest BCUT2D eigenvalue weighted by atomic mass is 16.5. The summed E-state index contributed by atoms with van der Waals surface area (Å²) in [6.45, 7) is 2.60. The first kappa shape index (κ1) is 14.9. The van der Waals surface area contributed by atoms with E-state index in [0.717, 1.165) is 11.3 Å². The summed E-state index contributed by atoms with van der Waals surface area (Å²) in [5.41, 5.74) is 1.08. The normalized spacial score (nSPS) is 11.7. The Labute approximate surface area is 124 Å². The molecule has 1 aromatic carbocycles. The number of benzene rings is 1. The Hall–Kier alpha value is -2.45. The van der Waals surface area contributed by atoms with Gasteiger partial charge >= 0.3 is 0 Å². The molecular formula is C16H18N2O3. The van der Waals surface area contributed by atoms with E-state index < -0.39 is 0 Å². The van der Waals surface area contributed by atoms with Gasteiger partial charge in [0, 0.05) is 6.04 Å². The van der Waals surface area contributed by atoms with Gasteiger partial charge in [0.1, 0.15) is 11.8 Å². The minimum absolute atomic E-state index is 0.112. The molecule has 0 saturated carbocycles. The van der Waals surface area contributed by atoms with Crippen LogP contribution in [0.1, 0.15) is 30.0 Å². The van der Waals surface area contributed by atoms with Crippen LogP contribution in [0, 0.1) is 11.3 Å². The van der Waals surface area contributed by atoms with Gasteiger partial charge in [-0.15, -0.1) is 0 Å². The average Bonchev–Trinajstić information content (AvgIpc) is 2.99. The first-order valence-electron chi connectivity index (χ1n) is 6.62. The maximum absolute atomic E-state index is 8.72. The summed E-state index contributed by atoms with van der Waals surface area (Å²) in [6.07, 6.45) is 0. The fourth-order valence-electron chi connectivity index (χ4n) is 2.03. The molecule has 0 radical (unpaired) electrons. The molecule has 2 rings (SSSR count). The second-order valence-electron chi connectivity index (χ2n) is 4.59. The van der Waals surface area contributed by atoms with Crippen LogP contribution in [0.2, 0.25) is 0 Å². The van der Waals surface area contributed by atoms with Crippen molar-refractivity contribution < 1.29 is 13.9 Å². The van der Waals surface area contributed by atoms with E-state index >= 15 is 0 Å². The summed E-state index contributed by atoms with van der Waals surface area (Å²) < 4.78 is 15.9. The summed E-state index contributed by atoms with van der Waals surface area (Å²) in [7, 11) is 3.23. The highest BCUT2D eigenvalue weighted by Crippen LogP contribution is 2.29. The smallest absolute Gasteiger partial charge is 0.203 e. The van der Waals surface area contributed by atoms with Crippen LogP contribution in [-0.2, 0) is 6.54 Å². The van der Waals surface area contributed by atoms with Gasteiger partial charge < -0.3 is 19.2 Å². The molecule has 2 aromatic rings. The van der Waals surface area contributed by atoms with Crippen molar-refractivity contribution in [2.24, 2.45) is 0 Å². The Morgan fingerprint density at radius 2 is 1.95 bits per heavy atom. The van der Waals surface area contributed by atoms with E-state index in [1.54, 1.807) is 26.4 Å². The van der Waals surface area contributed by atoms with Gasteiger partial charge in [-0.25, -0.2) is 0 Å². The van der Waals surface area contributed by atoms with Gasteiger partial charge in [-0.1, -0.05) is 6.07 Å². The second kappa shape index (κ2) is 6.82. The topological polar surface area (TPSA) is 67.4 Å². The number of nitrogens with one attached hydrogen (secondary N) is 1. The van der Waals surface area contributed by atoms with E-state index in [1.807, 2.05) is 24.3 Å². The third kappa shape index (κ3) is 3.56. The van der Waals surface area contributed by atoms with Crippen LogP contribution in [-0.4, -0.2) is 14.2 Å². The first-order valence-corrected chi connectivity index (χ1v) is 6.62. The molecule has 1 aromatic heterocycles. The van der Waals surface area contributed by atoms with Crippen molar-refractivity contribution >= 4 is 0 Å². The highest BCUT2D eigenvalue weighted by Gasteiger charge is 2.10. The number of rotatable bonds is 6. The summed E-state index contributed by atoms with van der Waals surface area (Å²) in [5.74, 6) is 2.47. The molecule has 1 heterocycles. The molecule has 0 spiro atoms. The molecule has 21 heavy (non-hydrogen) atoms. The van der Waals surface area contributed by atoms with Gasteiger partial charge in [-0.05, 0) is 36.8 Å². The predicted octanol–water partition coefficient (Wildman–Crippen LogP) is 3.02. The molecule has 1 unspecified atom stereocenters. The molecule has 0 amide bonds. The van der Waals surface area contributed by atoms with E-state index in [0.29, 0.717) is 23.8 Å². The lowest BCUT2D eigenvalue weighted by molar-refractivity contribution is 0.354. The van der Waals surface area contributed by atoms with Crippen LogP contribution in [0.15, 0.2) is 34.7 Å². The summed E-state index contributed by atoms with van der Waals surface area (Å²) in [4.78, 5) is 0. The maximum atomic E-state index is 8.72. The summed E-state index contributed by atoms with van der Waals surface area (Å²) >= 11 is 0. The molecule has 1 atom stereocenters. The van der Waals surface area contributed by atoms with Crippen LogP contribution in [0.5, 0.6) is 11.5 Å². The molecule has 5 nitrogen and oxygen atoms in total. The van der Waals surface area contributed by atoms with Crippen molar-refractivity contribution in [3.05, 3.63) is 47.4 Å². The Morgan fingerprint density at radius 1 is 1.19 bits per heavy atom. The van der Waals surface area contributed by atoms with E-state index in [9.17, 15) is 0 Å². The van der Waals surface area contributed by atoms with Crippen LogP contribution in [0.3, 0.4) is 0 Å². The van der Waals surface area contributed by atoms with Crippen molar-refractivity contribution in [3.8, 4) is 17.6 Å². The molecule has 0 fully saturated rings. The third-order valence-electron chi connectivity index (χ3n) is 3.26. The lowest BCUT2D eigenvalue weighted by Crippen LogP contribution is -2.17. The standard InChI is InChI=1S/C16H18N2O3/c1-11(18-10-14-6-5-13(9-17)21-14)12-4-7-15(19-2)16(8-12)20-3/h4-8,11,18H,10H2,1-3H3. The van der Waals surface area contributed by atoms with Crippen molar-refractivity contribution in [1.29, 1.82) is 5.26 Å². The zero-order chi connectivity index (χ0) is 15.2. The monoisotopic (exact) mass is 286 g/mol. The lowest BCUT2D eigenvalue weighted by atomic mass is 10.1. The fourth-order valence-corrected chi connectivity index (χ4v) is 2.03. The molecular weight excluding hydrogens is 268 g/mol. The van der Waals surface area contributed by atoms with Crippen LogP contribution in [0.4, 0.5) is 0 Å². The van der Waals surface area contributed by atoms with Crippen LogP contribution < -0.4 is 14.8 Å². The third-order valence-corrected chi connectivity index (χ3v) is 3.26. The molecule has 1 N–H and O–H groups in total. The quantitative estimate of drug-likeness (QED) is 0.884. The van der Waals surface area contributed by atoms with Gasteiger partial charge in [0.2, 0.25) is 5.76 Å². The van der Waals surface area contributed by atoms with Crippen molar-refractivity contribution in [3.63, 3.8) is 0 Å². The fraction of sp³-hybridized carbons (Fsp3) is 0.312. The van der Waals surface area contributed by atoms with Gasteiger partial charge in [-0.3, -0.25) is 0 Å². The SMILES string of the molecule is COc1ccc(C(C)NCc2ccc(C#N)o2)cc1OC. The molecule has 0 bridgehead atoms. The number of hydrogen-bond donors (Lipinski definition) is 1. The Balaban J connectivity index is 2.03. The minimum atomic E-state index is 0.112. The molecule has 0 aliphatic carbocycles. The number of hydrogen-bond acceptors (Lipinski definition) is 5. The Bertz CT molecular complexity index is 643. The first-order chi connectivity index (χ1) is 10.2. The zero-order valence-corrected chi connectivity index (χ0v) is 12.3. The highest BCUT2D eigenvalue weighted by molar-refractivity contribution is 5.43. The number of furan rings is 1. The Morgan fingerprint density at radius 3 is 2.57 bits per heavy atom. The van der Waals surface area contributed by atoms with Crippen molar-refractivity contribution in [2.45, 2.75) is 19.5 Å². The van der Waals surface area contributed by atoms with Gasteiger partial charge in [0.25, 0.3) is 0 Å². The van der Waals surface area contributed by atoms with E-state index in [1.165, 1.54) is 0 Å². The summed E-state index contributed by atoms with van der Waals surface area (Å²) in [5, 5.41) is 12.1. The molecule has 0 saturated heterocycles. The van der Waals surface area contributed by atoms with E-state index in [2.05, 4.69) is 12.2 Å². The zero-order valence-electron chi connectivity index (χ0n) is 12.3. The molecule has 5 heteroatoms.